The molecular formula is C22H28N6O. The van der Waals surface area contributed by atoms with Gasteiger partial charge in [0.2, 0.25) is 0 Å². The molecule has 1 unspecified atom stereocenters. The zero-order valence-corrected chi connectivity index (χ0v) is 17.1. The van der Waals surface area contributed by atoms with Gasteiger partial charge in [0.25, 0.3) is 5.91 Å². The molecule has 1 fully saturated rings. The number of aromatic amines is 1. The van der Waals surface area contributed by atoms with E-state index in [0.717, 1.165) is 49.2 Å². The first-order chi connectivity index (χ1) is 14.1. The molecule has 0 radical (unpaired) electrons. The van der Waals surface area contributed by atoms with E-state index in [1.807, 2.05) is 42.4 Å². The molecular weight excluding hydrogens is 364 g/mol. The van der Waals surface area contributed by atoms with E-state index in [1.165, 1.54) is 0 Å². The van der Waals surface area contributed by atoms with Crippen molar-refractivity contribution < 1.29 is 4.79 Å². The number of nitrogens with zero attached hydrogens (tertiary/aromatic N) is 4. The van der Waals surface area contributed by atoms with Gasteiger partial charge in [0.15, 0.2) is 0 Å². The van der Waals surface area contributed by atoms with Gasteiger partial charge >= 0.3 is 0 Å². The van der Waals surface area contributed by atoms with Crippen LogP contribution in [0.4, 0.5) is 5.82 Å². The molecule has 0 spiro atoms. The summed E-state index contributed by atoms with van der Waals surface area (Å²) in [5.41, 5.74) is 1.10. The summed E-state index contributed by atoms with van der Waals surface area (Å²) < 4.78 is 0. The van der Waals surface area contributed by atoms with Crippen molar-refractivity contribution in [1.29, 1.82) is 0 Å². The highest BCUT2D eigenvalue weighted by molar-refractivity contribution is 5.97. The van der Waals surface area contributed by atoms with Gasteiger partial charge in [0, 0.05) is 31.8 Å². The van der Waals surface area contributed by atoms with Crippen molar-refractivity contribution in [2.24, 2.45) is 0 Å². The fourth-order valence-corrected chi connectivity index (χ4v) is 4.21. The number of nitrogens with one attached hydrogen (secondary N) is 2. The van der Waals surface area contributed by atoms with Gasteiger partial charge in [-0.3, -0.25) is 10.1 Å². The fourth-order valence-electron chi connectivity index (χ4n) is 4.21. The molecule has 2 aliphatic rings. The first-order valence-electron chi connectivity index (χ1n) is 10.2. The van der Waals surface area contributed by atoms with Crippen molar-refractivity contribution >= 4 is 22.8 Å². The second-order valence-electron chi connectivity index (χ2n) is 7.56. The van der Waals surface area contributed by atoms with Crippen LogP contribution in [-0.4, -0.2) is 58.1 Å². The maximum absolute atomic E-state index is 13.3. The molecule has 3 heterocycles. The summed E-state index contributed by atoms with van der Waals surface area (Å²) in [6.07, 6.45) is 16.3. The molecule has 4 rings (SSSR count). The Balaban J connectivity index is 1.61. The SMILES string of the molecule is CCNC1(N(C)C(=O)C2=CC=CCCC=C2)CCN(c2ncnc3[nH]ccc23)C1. The Labute approximate surface area is 171 Å². The van der Waals surface area contributed by atoms with Gasteiger partial charge in [-0.1, -0.05) is 31.2 Å². The summed E-state index contributed by atoms with van der Waals surface area (Å²) >= 11 is 0. The van der Waals surface area contributed by atoms with Crippen LogP contribution in [0.2, 0.25) is 0 Å². The zero-order valence-electron chi connectivity index (χ0n) is 17.1. The van der Waals surface area contributed by atoms with E-state index in [1.54, 1.807) is 6.33 Å². The predicted octanol–water partition coefficient (Wildman–Crippen LogP) is 2.76. The van der Waals surface area contributed by atoms with Crippen molar-refractivity contribution in [3.63, 3.8) is 0 Å². The smallest absolute Gasteiger partial charge is 0.255 e. The van der Waals surface area contributed by atoms with Gasteiger partial charge in [-0.2, -0.15) is 0 Å². The molecule has 0 saturated carbocycles. The lowest BCUT2D eigenvalue weighted by Gasteiger charge is -2.39. The van der Waals surface area contributed by atoms with Crippen LogP contribution >= 0.6 is 0 Å². The molecule has 29 heavy (non-hydrogen) atoms. The van der Waals surface area contributed by atoms with Crippen LogP contribution < -0.4 is 10.2 Å². The normalized spacial score (nSPS) is 21.9. The van der Waals surface area contributed by atoms with Crippen LogP contribution in [-0.2, 0) is 4.79 Å². The number of hydrogen-bond donors (Lipinski definition) is 2. The van der Waals surface area contributed by atoms with E-state index in [2.05, 4.69) is 44.2 Å². The summed E-state index contributed by atoms with van der Waals surface area (Å²) in [5.74, 6) is 0.940. The molecule has 1 saturated heterocycles. The monoisotopic (exact) mass is 392 g/mol. The number of allylic oxidation sites excluding steroid dienone is 4. The summed E-state index contributed by atoms with van der Waals surface area (Å²) in [4.78, 5) is 29.4. The molecule has 7 heteroatoms. The van der Waals surface area contributed by atoms with E-state index in [9.17, 15) is 4.79 Å². The Bertz CT molecular complexity index is 975. The first kappa shape index (κ1) is 19.4. The molecule has 2 aromatic rings. The molecule has 7 nitrogen and oxygen atoms in total. The van der Waals surface area contributed by atoms with E-state index in [4.69, 9.17) is 0 Å². The number of aromatic nitrogens is 3. The van der Waals surface area contributed by atoms with E-state index < -0.39 is 5.66 Å². The van der Waals surface area contributed by atoms with Crippen LogP contribution in [0.15, 0.2) is 54.5 Å². The number of H-pyrrole nitrogens is 1. The third-order valence-corrected chi connectivity index (χ3v) is 5.79. The second kappa shape index (κ2) is 8.21. The Morgan fingerprint density at radius 2 is 2.21 bits per heavy atom. The number of anilines is 1. The zero-order chi connectivity index (χ0) is 20.3. The van der Waals surface area contributed by atoms with E-state index in [-0.39, 0.29) is 5.91 Å². The molecule has 0 bridgehead atoms. The largest absolute Gasteiger partial charge is 0.352 e. The third kappa shape index (κ3) is 3.70. The number of hydrogen-bond acceptors (Lipinski definition) is 5. The topological polar surface area (TPSA) is 77.2 Å². The third-order valence-electron chi connectivity index (χ3n) is 5.79. The maximum atomic E-state index is 13.3. The maximum Gasteiger partial charge on any atom is 0.255 e. The second-order valence-corrected chi connectivity index (χ2v) is 7.56. The molecule has 0 aromatic carbocycles. The van der Waals surface area contributed by atoms with Gasteiger partial charge in [-0.05, 0) is 31.5 Å². The standard InChI is InChI=1S/C22H28N6O/c1-3-26-22(27(2)21(29)17-9-7-5-4-6-8-10-17)12-14-28(15-22)20-18-11-13-23-19(18)24-16-25-20/h5,7-11,13,16,26H,3-4,6,12,14-15H2,1-2H3,(H,23,24,25). The highest BCUT2D eigenvalue weighted by atomic mass is 16.2. The number of carbonyl (C=O) groups excluding carboxylic acids is 1. The minimum atomic E-state index is -0.444. The summed E-state index contributed by atoms with van der Waals surface area (Å²) in [6, 6.07) is 2.00. The molecule has 152 valence electrons. The summed E-state index contributed by atoms with van der Waals surface area (Å²) in [6.45, 7) is 4.35. The van der Waals surface area contributed by atoms with Crippen molar-refractivity contribution in [2.45, 2.75) is 31.8 Å². The van der Waals surface area contributed by atoms with Crippen molar-refractivity contribution in [3.8, 4) is 0 Å². The van der Waals surface area contributed by atoms with Gasteiger partial charge in [0.1, 0.15) is 23.5 Å². The first-order valence-corrected chi connectivity index (χ1v) is 10.2. The lowest BCUT2D eigenvalue weighted by Crippen LogP contribution is -2.61. The quantitative estimate of drug-likeness (QED) is 0.765. The predicted molar refractivity (Wildman–Crippen MR) is 115 cm³/mol. The van der Waals surface area contributed by atoms with E-state index in [0.29, 0.717) is 12.1 Å². The van der Waals surface area contributed by atoms with Gasteiger partial charge in [0.05, 0.1) is 11.9 Å². The Hall–Kier alpha value is -2.93. The van der Waals surface area contributed by atoms with Crippen LogP contribution in [0.25, 0.3) is 11.0 Å². The van der Waals surface area contributed by atoms with Crippen LogP contribution in [0.1, 0.15) is 26.2 Å². The van der Waals surface area contributed by atoms with Crippen molar-refractivity contribution in [2.75, 3.05) is 31.6 Å². The lowest BCUT2D eigenvalue weighted by molar-refractivity contribution is -0.131. The molecule has 1 atom stereocenters. The molecule has 2 N–H and O–H groups in total. The van der Waals surface area contributed by atoms with Crippen LogP contribution in [0.3, 0.4) is 0 Å². The number of amides is 1. The fraction of sp³-hybridized carbons (Fsp3) is 0.409. The Kier molecular flexibility index (Phi) is 5.49. The molecule has 1 aliphatic heterocycles. The average Bonchev–Trinajstić information content (AvgIpc) is 3.34. The minimum Gasteiger partial charge on any atom is -0.352 e. The highest BCUT2D eigenvalue weighted by Crippen LogP contribution is 2.32. The number of rotatable bonds is 5. The van der Waals surface area contributed by atoms with Crippen molar-refractivity contribution in [3.05, 3.63) is 54.5 Å². The summed E-state index contributed by atoms with van der Waals surface area (Å²) in [7, 11) is 1.90. The lowest BCUT2D eigenvalue weighted by atomic mass is 10.0. The average molecular weight is 393 g/mol. The Morgan fingerprint density at radius 3 is 3.07 bits per heavy atom. The highest BCUT2D eigenvalue weighted by Gasteiger charge is 2.44. The summed E-state index contributed by atoms with van der Waals surface area (Å²) in [5, 5.41) is 4.59. The minimum absolute atomic E-state index is 0.0325. The van der Waals surface area contributed by atoms with Gasteiger partial charge in [-0.15, -0.1) is 0 Å². The van der Waals surface area contributed by atoms with E-state index >= 15 is 0 Å². The van der Waals surface area contributed by atoms with Crippen molar-refractivity contribution in [1.82, 2.24) is 25.2 Å². The van der Waals surface area contributed by atoms with Gasteiger partial charge < -0.3 is 14.8 Å². The Morgan fingerprint density at radius 1 is 1.34 bits per heavy atom. The van der Waals surface area contributed by atoms with Crippen LogP contribution in [0, 0.1) is 0 Å². The number of likely N-dealkylation sites (N-methyl/N-ethyl adjacent to an activating group) is 2. The molecule has 1 aliphatic carbocycles. The molecule has 1 amide bonds. The number of carbonyl (C=O) groups is 1. The molecule has 2 aromatic heterocycles. The number of fused-ring (bicyclic) bond motifs is 1. The van der Waals surface area contributed by atoms with Crippen LogP contribution in [0.5, 0.6) is 0 Å². The van der Waals surface area contributed by atoms with Gasteiger partial charge in [-0.25, -0.2) is 9.97 Å².